The average molecular weight is 436 g/mol. The third kappa shape index (κ3) is 4.39. The molecule has 0 saturated heterocycles. The first-order valence-corrected chi connectivity index (χ1v) is 10.9. The maximum atomic E-state index is 13.3. The molecule has 2 aromatic carbocycles. The Morgan fingerprint density at radius 2 is 1.91 bits per heavy atom. The molecule has 166 valence electrons. The first-order chi connectivity index (χ1) is 15.5. The van der Waals surface area contributed by atoms with E-state index in [1.165, 1.54) is 29.2 Å². The van der Waals surface area contributed by atoms with E-state index in [-0.39, 0.29) is 5.56 Å². The molecule has 1 aromatic heterocycles. The molecule has 0 atom stereocenters. The van der Waals surface area contributed by atoms with Crippen molar-refractivity contribution in [2.24, 2.45) is 0 Å². The van der Waals surface area contributed by atoms with Gasteiger partial charge < -0.3 is 10.2 Å². The van der Waals surface area contributed by atoms with Crippen LogP contribution in [0.1, 0.15) is 38.4 Å². The van der Waals surface area contributed by atoms with Crippen LogP contribution in [0, 0.1) is 5.82 Å². The Morgan fingerprint density at radius 3 is 2.66 bits per heavy atom. The molecule has 0 aliphatic carbocycles. The number of hydrogen-bond donors (Lipinski definition) is 1. The minimum Gasteiger partial charge on any atom is -0.318 e. The molecular weight excluding hydrogens is 411 g/mol. The van der Waals surface area contributed by atoms with Crippen molar-refractivity contribution in [3.05, 3.63) is 64.5 Å². The second kappa shape index (κ2) is 9.30. The summed E-state index contributed by atoms with van der Waals surface area (Å²) in [6, 6.07) is 10.3. The molecule has 3 aromatic rings. The van der Waals surface area contributed by atoms with Crippen LogP contribution in [0.2, 0.25) is 0 Å². The largest absolute Gasteiger partial charge is 0.318 e. The monoisotopic (exact) mass is 436 g/mol. The van der Waals surface area contributed by atoms with Crippen molar-refractivity contribution in [2.75, 3.05) is 16.8 Å². The fourth-order valence-electron chi connectivity index (χ4n) is 4.00. The molecule has 4 rings (SSSR count). The van der Waals surface area contributed by atoms with Crippen LogP contribution in [0.5, 0.6) is 0 Å². The molecule has 0 spiro atoms. The summed E-state index contributed by atoms with van der Waals surface area (Å²) in [6.45, 7) is 2.83. The van der Waals surface area contributed by atoms with E-state index in [1.807, 2.05) is 6.92 Å². The first kappa shape index (κ1) is 21.7. The van der Waals surface area contributed by atoms with E-state index in [2.05, 4.69) is 10.3 Å². The van der Waals surface area contributed by atoms with Crippen LogP contribution in [-0.2, 0) is 22.6 Å². The second-order valence-electron chi connectivity index (χ2n) is 7.91. The van der Waals surface area contributed by atoms with Gasteiger partial charge in [-0.05, 0) is 61.7 Å². The Bertz CT molecular complexity index is 1220. The summed E-state index contributed by atoms with van der Waals surface area (Å²) in [5.41, 5.74) is 1.23. The van der Waals surface area contributed by atoms with Gasteiger partial charge in [0.25, 0.3) is 5.56 Å². The number of nitrogens with one attached hydrogen (secondary N) is 1. The highest BCUT2D eigenvalue weighted by Gasteiger charge is 2.23. The van der Waals surface area contributed by atoms with Gasteiger partial charge in [0.05, 0.1) is 10.9 Å². The summed E-state index contributed by atoms with van der Waals surface area (Å²) in [5, 5.41) is 3.00. The Kier molecular flexibility index (Phi) is 6.30. The number of rotatable bonds is 4. The predicted molar refractivity (Wildman–Crippen MR) is 121 cm³/mol. The van der Waals surface area contributed by atoms with Gasteiger partial charge in [-0.2, -0.15) is 0 Å². The van der Waals surface area contributed by atoms with Crippen LogP contribution in [0.15, 0.2) is 47.3 Å². The number of aromatic nitrogens is 2. The maximum absolute atomic E-state index is 13.3. The Morgan fingerprint density at radius 1 is 1.12 bits per heavy atom. The molecule has 7 nitrogen and oxygen atoms in total. The van der Waals surface area contributed by atoms with Gasteiger partial charge in [-0.1, -0.05) is 13.3 Å². The Balaban J connectivity index is 1.59. The lowest BCUT2D eigenvalue weighted by Crippen LogP contribution is -2.40. The standard InChI is InChI=1S/C24H25FN4O3/c1-2-13-28(18-10-7-16(25)8-11-18)24(32)22(30)26-17-9-12-20-19(15-17)23(31)29-14-5-3-4-6-21(29)27-20/h7-12,15H,2-6,13-14H2,1H3,(H,26,30). The lowest BCUT2D eigenvalue weighted by Gasteiger charge is -2.21. The number of hydrogen-bond acceptors (Lipinski definition) is 4. The van der Waals surface area contributed by atoms with Gasteiger partial charge in [0.15, 0.2) is 0 Å². The second-order valence-corrected chi connectivity index (χ2v) is 7.91. The van der Waals surface area contributed by atoms with Crippen LogP contribution in [0.4, 0.5) is 15.8 Å². The van der Waals surface area contributed by atoms with Crippen molar-refractivity contribution in [3.63, 3.8) is 0 Å². The topological polar surface area (TPSA) is 84.3 Å². The van der Waals surface area contributed by atoms with Crippen molar-refractivity contribution in [3.8, 4) is 0 Å². The zero-order valence-corrected chi connectivity index (χ0v) is 17.9. The van der Waals surface area contributed by atoms with E-state index >= 15 is 0 Å². The number of carbonyl (C=O) groups excluding carboxylic acids is 2. The molecule has 1 N–H and O–H groups in total. The minimum absolute atomic E-state index is 0.131. The highest BCUT2D eigenvalue weighted by Crippen LogP contribution is 2.20. The lowest BCUT2D eigenvalue weighted by molar-refractivity contribution is -0.134. The molecule has 1 aliphatic rings. The fourth-order valence-corrected chi connectivity index (χ4v) is 4.00. The Hall–Kier alpha value is -3.55. The normalized spacial score (nSPS) is 13.3. The highest BCUT2D eigenvalue weighted by molar-refractivity contribution is 6.44. The van der Waals surface area contributed by atoms with E-state index in [0.717, 1.165) is 31.5 Å². The predicted octanol–water partition coefficient (Wildman–Crippen LogP) is 3.64. The molecule has 8 heteroatoms. The summed E-state index contributed by atoms with van der Waals surface area (Å²) < 4.78 is 15.0. The number of amides is 2. The molecule has 1 aliphatic heterocycles. The molecule has 0 fully saturated rings. The van der Waals surface area contributed by atoms with E-state index in [4.69, 9.17) is 0 Å². The number of carbonyl (C=O) groups is 2. The van der Waals surface area contributed by atoms with Gasteiger partial charge >= 0.3 is 11.8 Å². The van der Waals surface area contributed by atoms with Gasteiger partial charge in [0.2, 0.25) is 0 Å². The third-order valence-corrected chi connectivity index (χ3v) is 5.60. The van der Waals surface area contributed by atoms with E-state index < -0.39 is 17.6 Å². The smallest absolute Gasteiger partial charge is 0.316 e. The number of nitrogens with zero attached hydrogens (tertiary/aromatic N) is 3. The average Bonchev–Trinajstić information content (AvgIpc) is 3.04. The van der Waals surface area contributed by atoms with Gasteiger partial charge in [0.1, 0.15) is 11.6 Å². The SMILES string of the molecule is CCCN(C(=O)C(=O)Nc1ccc2nc3n(c(=O)c2c1)CCCCC3)c1ccc(F)cc1. The highest BCUT2D eigenvalue weighted by atomic mass is 19.1. The fraction of sp³-hybridized carbons (Fsp3) is 0.333. The van der Waals surface area contributed by atoms with Gasteiger partial charge in [0, 0.05) is 30.9 Å². The molecule has 0 radical (unpaired) electrons. The summed E-state index contributed by atoms with van der Waals surface area (Å²) in [7, 11) is 0. The molecule has 0 unspecified atom stereocenters. The lowest BCUT2D eigenvalue weighted by atomic mass is 10.2. The van der Waals surface area contributed by atoms with Crippen LogP contribution in [0.25, 0.3) is 10.9 Å². The molecular formula is C24H25FN4O3. The van der Waals surface area contributed by atoms with Crippen LogP contribution in [-0.4, -0.2) is 27.9 Å². The molecule has 0 saturated carbocycles. The molecule has 32 heavy (non-hydrogen) atoms. The number of benzene rings is 2. The van der Waals surface area contributed by atoms with Crippen molar-refractivity contribution in [2.45, 2.75) is 45.6 Å². The van der Waals surface area contributed by atoms with E-state index in [1.54, 1.807) is 22.8 Å². The quantitative estimate of drug-likeness (QED) is 0.633. The first-order valence-electron chi connectivity index (χ1n) is 10.9. The molecule has 2 amide bonds. The minimum atomic E-state index is -0.829. The van der Waals surface area contributed by atoms with Gasteiger partial charge in [-0.25, -0.2) is 9.37 Å². The molecule has 0 bridgehead atoms. The zero-order chi connectivity index (χ0) is 22.7. The summed E-state index contributed by atoms with van der Waals surface area (Å²) in [4.78, 5) is 44.5. The number of anilines is 2. The van der Waals surface area contributed by atoms with Crippen LogP contribution >= 0.6 is 0 Å². The number of halogens is 1. The van der Waals surface area contributed by atoms with Crippen LogP contribution in [0.3, 0.4) is 0 Å². The zero-order valence-electron chi connectivity index (χ0n) is 17.9. The Labute approximate surface area is 184 Å². The van der Waals surface area contributed by atoms with Crippen molar-refractivity contribution < 1.29 is 14.0 Å². The van der Waals surface area contributed by atoms with Crippen molar-refractivity contribution in [1.29, 1.82) is 0 Å². The maximum Gasteiger partial charge on any atom is 0.316 e. The molecule has 2 heterocycles. The van der Waals surface area contributed by atoms with Crippen LogP contribution < -0.4 is 15.8 Å². The number of aryl methyl sites for hydroxylation is 1. The third-order valence-electron chi connectivity index (χ3n) is 5.60. The van der Waals surface area contributed by atoms with E-state index in [0.29, 0.717) is 41.8 Å². The van der Waals surface area contributed by atoms with Crippen molar-refractivity contribution >= 4 is 34.1 Å². The summed E-state index contributed by atoms with van der Waals surface area (Å²) in [5.74, 6) is -1.21. The van der Waals surface area contributed by atoms with Crippen molar-refractivity contribution in [1.82, 2.24) is 9.55 Å². The summed E-state index contributed by atoms with van der Waals surface area (Å²) >= 11 is 0. The van der Waals surface area contributed by atoms with Gasteiger partial charge in [-0.3, -0.25) is 19.0 Å². The number of fused-ring (bicyclic) bond motifs is 2. The van der Waals surface area contributed by atoms with Gasteiger partial charge in [-0.15, -0.1) is 0 Å². The summed E-state index contributed by atoms with van der Waals surface area (Å²) in [6.07, 6.45) is 4.40. The van der Waals surface area contributed by atoms with E-state index in [9.17, 15) is 18.8 Å².